The fourth-order valence-electron chi connectivity index (χ4n) is 1.13. The Morgan fingerprint density at radius 3 is 2.73 bits per heavy atom. The highest BCUT2D eigenvalue weighted by molar-refractivity contribution is 5.64. The molecule has 0 saturated heterocycles. The Morgan fingerprint density at radius 1 is 1.33 bits per heavy atom. The highest BCUT2D eigenvalue weighted by Crippen LogP contribution is 2.15. The SMILES string of the molecule is Cc1ccccc1OCCCOC(N)=O. The van der Waals surface area contributed by atoms with Crippen LogP contribution in [0.25, 0.3) is 0 Å². The minimum absolute atomic E-state index is 0.293. The molecule has 15 heavy (non-hydrogen) atoms. The second-order valence-corrected chi connectivity index (χ2v) is 3.14. The van der Waals surface area contributed by atoms with Gasteiger partial charge in [-0.05, 0) is 18.6 Å². The molecule has 1 rings (SSSR count). The largest absolute Gasteiger partial charge is 0.493 e. The van der Waals surface area contributed by atoms with Crippen molar-refractivity contribution in [3.05, 3.63) is 29.8 Å². The van der Waals surface area contributed by atoms with Crippen LogP contribution in [0.5, 0.6) is 5.75 Å². The summed E-state index contributed by atoms with van der Waals surface area (Å²) in [5.41, 5.74) is 5.90. The van der Waals surface area contributed by atoms with Crippen LogP contribution < -0.4 is 10.5 Å². The normalized spacial score (nSPS) is 9.67. The number of carbonyl (C=O) groups is 1. The molecular formula is C11H15NO3. The van der Waals surface area contributed by atoms with Gasteiger partial charge in [0.15, 0.2) is 0 Å². The molecule has 2 N–H and O–H groups in total. The maximum Gasteiger partial charge on any atom is 0.404 e. The molecule has 0 aliphatic heterocycles. The highest BCUT2D eigenvalue weighted by atomic mass is 16.5. The number of hydrogen-bond acceptors (Lipinski definition) is 3. The fourth-order valence-corrected chi connectivity index (χ4v) is 1.13. The van der Waals surface area contributed by atoms with Gasteiger partial charge in [-0.1, -0.05) is 18.2 Å². The minimum Gasteiger partial charge on any atom is -0.493 e. The predicted molar refractivity (Wildman–Crippen MR) is 56.8 cm³/mol. The molecule has 4 heteroatoms. The maximum atomic E-state index is 10.2. The number of nitrogens with two attached hydrogens (primary N) is 1. The van der Waals surface area contributed by atoms with E-state index in [0.717, 1.165) is 11.3 Å². The van der Waals surface area contributed by atoms with E-state index in [0.29, 0.717) is 19.6 Å². The smallest absolute Gasteiger partial charge is 0.404 e. The molecule has 0 radical (unpaired) electrons. The minimum atomic E-state index is -0.745. The first kappa shape index (κ1) is 11.4. The van der Waals surface area contributed by atoms with Gasteiger partial charge < -0.3 is 15.2 Å². The van der Waals surface area contributed by atoms with E-state index >= 15 is 0 Å². The summed E-state index contributed by atoms with van der Waals surface area (Å²) in [7, 11) is 0. The number of aryl methyl sites for hydroxylation is 1. The average Bonchev–Trinajstić information content (AvgIpc) is 2.20. The van der Waals surface area contributed by atoms with Crippen LogP contribution in [-0.4, -0.2) is 19.3 Å². The summed E-state index contributed by atoms with van der Waals surface area (Å²) in [5.74, 6) is 0.858. The molecule has 0 fully saturated rings. The summed E-state index contributed by atoms with van der Waals surface area (Å²) in [5, 5.41) is 0. The third-order valence-corrected chi connectivity index (χ3v) is 1.88. The van der Waals surface area contributed by atoms with Crippen LogP contribution in [0.1, 0.15) is 12.0 Å². The van der Waals surface area contributed by atoms with Gasteiger partial charge in [0.25, 0.3) is 0 Å². The number of para-hydroxylation sites is 1. The molecular weight excluding hydrogens is 194 g/mol. The summed E-state index contributed by atoms with van der Waals surface area (Å²) < 4.78 is 10.1. The number of hydrogen-bond donors (Lipinski definition) is 1. The lowest BCUT2D eigenvalue weighted by Crippen LogP contribution is -2.15. The third-order valence-electron chi connectivity index (χ3n) is 1.88. The van der Waals surface area contributed by atoms with Crippen molar-refractivity contribution in [2.75, 3.05) is 13.2 Å². The Hall–Kier alpha value is -1.71. The molecule has 0 saturated carbocycles. The summed E-state index contributed by atoms with van der Waals surface area (Å²) in [6.07, 6.45) is -0.108. The summed E-state index contributed by atoms with van der Waals surface area (Å²) in [6, 6.07) is 7.76. The van der Waals surface area contributed by atoms with Crippen LogP contribution in [0.2, 0.25) is 0 Å². The van der Waals surface area contributed by atoms with Gasteiger partial charge in [0.2, 0.25) is 0 Å². The van der Waals surface area contributed by atoms with E-state index in [4.69, 9.17) is 10.5 Å². The van der Waals surface area contributed by atoms with Crippen LogP contribution in [0, 0.1) is 6.92 Å². The van der Waals surface area contributed by atoms with E-state index < -0.39 is 6.09 Å². The highest BCUT2D eigenvalue weighted by Gasteiger charge is 1.98. The van der Waals surface area contributed by atoms with E-state index in [1.165, 1.54) is 0 Å². The topological polar surface area (TPSA) is 61.6 Å². The zero-order valence-corrected chi connectivity index (χ0v) is 8.73. The molecule has 0 aliphatic carbocycles. The molecule has 0 heterocycles. The molecule has 0 unspecified atom stereocenters. The monoisotopic (exact) mass is 209 g/mol. The zero-order valence-electron chi connectivity index (χ0n) is 8.73. The standard InChI is InChI=1S/C11H15NO3/c1-9-5-2-3-6-10(9)14-7-4-8-15-11(12)13/h2-3,5-6H,4,7-8H2,1H3,(H2,12,13). The third kappa shape index (κ3) is 4.35. The number of ether oxygens (including phenoxy) is 2. The van der Waals surface area contributed by atoms with Crippen LogP contribution in [0.15, 0.2) is 24.3 Å². The molecule has 1 aromatic carbocycles. The van der Waals surface area contributed by atoms with Crippen molar-refractivity contribution in [3.63, 3.8) is 0 Å². The van der Waals surface area contributed by atoms with Gasteiger partial charge in [-0.3, -0.25) is 0 Å². The summed E-state index contributed by atoms with van der Waals surface area (Å²) >= 11 is 0. The van der Waals surface area contributed by atoms with Crippen molar-refractivity contribution in [1.29, 1.82) is 0 Å². The van der Waals surface area contributed by atoms with E-state index in [1.54, 1.807) is 0 Å². The Morgan fingerprint density at radius 2 is 2.07 bits per heavy atom. The number of benzene rings is 1. The van der Waals surface area contributed by atoms with Crippen molar-refractivity contribution in [2.24, 2.45) is 5.73 Å². The van der Waals surface area contributed by atoms with Crippen molar-refractivity contribution in [1.82, 2.24) is 0 Å². The summed E-state index contributed by atoms with van der Waals surface area (Å²) in [4.78, 5) is 10.2. The van der Waals surface area contributed by atoms with Crippen molar-refractivity contribution in [3.8, 4) is 5.75 Å². The number of amides is 1. The fraction of sp³-hybridized carbons (Fsp3) is 0.364. The lowest BCUT2D eigenvalue weighted by molar-refractivity contribution is 0.147. The van der Waals surface area contributed by atoms with Crippen LogP contribution in [0.4, 0.5) is 4.79 Å². The van der Waals surface area contributed by atoms with E-state index in [1.807, 2.05) is 31.2 Å². The Bertz CT molecular complexity index is 325. The number of carbonyl (C=O) groups excluding carboxylic acids is 1. The molecule has 1 aromatic rings. The lowest BCUT2D eigenvalue weighted by Gasteiger charge is -2.08. The first-order valence-electron chi connectivity index (χ1n) is 4.81. The molecule has 82 valence electrons. The van der Waals surface area contributed by atoms with Gasteiger partial charge in [0.1, 0.15) is 5.75 Å². The van der Waals surface area contributed by atoms with Gasteiger partial charge in [-0.25, -0.2) is 4.79 Å². The lowest BCUT2D eigenvalue weighted by atomic mass is 10.2. The van der Waals surface area contributed by atoms with Gasteiger partial charge in [-0.2, -0.15) is 0 Å². The van der Waals surface area contributed by atoms with Crippen LogP contribution in [-0.2, 0) is 4.74 Å². The van der Waals surface area contributed by atoms with Crippen molar-refractivity contribution >= 4 is 6.09 Å². The number of primary amides is 1. The van der Waals surface area contributed by atoms with E-state index in [9.17, 15) is 4.79 Å². The zero-order chi connectivity index (χ0) is 11.1. The molecule has 0 aliphatic rings. The van der Waals surface area contributed by atoms with Crippen LogP contribution >= 0.6 is 0 Å². The van der Waals surface area contributed by atoms with E-state index in [2.05, 4.69) is 4.74 Å². The van der Waals surface area contributed by atoms with Crippen molar-refractivity contribution < 1.29 is 14.3 Å². The molecule has 0 spiro atoms. The molecule has 4 nitrogen and oxygen atoms in total. The first-order chi connectivity index (χ1) is 7.20. The van der Waals surface area contributed by atoms with Crippen LogP contribution in [0.3, 0.4) is 0 Å². The molecule has 0 aromatic heterocycles. The predicted octanol–water partition coefficient (Wildman–Crippen LogP) is 1.86. The van der Waals surface area contributed by atoms with E-state index in [-0.39, 0.29) is 0 Å². The Kier molecular flexibility index (Phi) is 4.47. The van der Waals surface area contributed by atoms with Crippen molar-refractivity contribution in [2.45, 2.75) is 13.3 Å². The average molecular weight is 209 g/mol. The quantitative estimate of drug-likeness (QED) is 0.753. The van der Waals surface area contributed by atoms with Gasteiger partial charge in [-0.15, -0.1) is 0 Å². The van der Waals surface area contributed by atoms with Gasteiger partial charge in [0, 0.05) is 6.42 Å². The Balaban J connectivity index is 2.21. The van der Waals surface area contributed by atoms with Gasteiger partial charge >= 0.3 is 6.09 Å². The second-order valence-electron chi connectivity index (χ2n) is 3.14. The summed E-state index contributed by atoms with van der Waals surface area (Å²) in [6.45, 7) is 2.79. The second kappa shape index (κ2) is 5.90. The molecule has 0 atom stereocenters. The Labute approximate surface area is 89.0 Å². The maximum absolute atomic E-state index is 10.2. The van der Waals surface area contributed by atoms with Gasteiger partial charge in [0.05, 0.1) is 13.2 Å². The molecule has 0 bridgehead atoms. The molecule has 1 amide bonds. The number of rotatable bonds is 5. The first-order valence-corrected chi connectivity index (χ1v) is 4.81.